The highest BCUT2D eigenvalue weighted by Gasteiger charge is 2.48. The summed E-state index contributed by atoms with van der Waals surface area (Å²) in [6.45, 7) is 7.41. The molecule has 0 saturated heterocycles. The zero-order valence-electron chi connectivity index (χ0n) is 21.8. The molecule has 0 bridgehead atoms. The van der Waals surface area contributed by atoms with Crippen LogP contribution in [0.4, 0.5) is 0 Å². The summed E-state index contributed by atoms with van der Waals surface area (Å²) in [6.07, 6.45) is 2.23. The Hall–Kier alpha value is -3.12. The molecule has 1 aliphatic carbocycles. The first kappa shape index (κ1) is 28.5. The van der Waals surface area contributed by atoms with Crippen molar-refractivity contribution in [2.45, 2.75) is 71.5 Å². The van der Waals surface area contributed by atoms with Crippen molar-refractivity contribution in [2.24, 2.45) is 11.3 Å². The summed E-state index contributed by atoms with van der Waals surface area (Å²) in [4.78, 5) is 56.5. The summed E-state index contributed by atoms with van der Waals surface area (Å²) in [5.41, 5.74) is 1.87. The van der Waals surface area contributed by atoms with Gasteiger partial charge in [0.15, 0.2) is 11.5 Å². The molecule has 1 aliphatic rings. The maximum atomic E-state index is 13.4. The first-order valence-corrected chi connectivity index (χ1v) is 13.2. The van der Waals surface area contributed by atoms with Crippen LogP contribution in [-0.2, 0) is 25.5 Å². The van der Waals surface area contributed by atoms with Gasteiger partial charge in [-0.25, -0.2) is 4.98 Å². The zero-order valence-corrected chi connectivity index (χ0v) is 22.6. The molecule has 0 spiro atoms. The number of hydrogen-bond acceptors (Lipinski definition) is 9. The Labute approximate surface area is 220 Å². The smallest absolute Gasteiger partial charge is 0.274 e. The lowest BCUT2D eigenvalue weighted by Crippen LogP contribution is -2.57. The molecule has 202 valence electrons. The molecular weight excluding hydrogens is 498 g/mol. The van der Waals surface area contributed by atoms with Crippen molar-refractivity contribution >= 4 is 34.8 Å². The molecule has 2 aromatic heterocycles. The van der Waals surface area contributed by atoms with Crippen LogP contribution in [0.2, 0.25) is 0 Å². The van der Waals surface area contributed by atoms with Crippen molar-refractivity contribution in [1.82, 2.24) is 26.1 Å². The molecule has 1 saturated carbocycles. The number of carbonyl (C=O) groups is 4. The van der Waals surface area contributed by atoms with Crippen molar-refractivity contribution in [3.63, 3.8) is 0 Å². The number of aryl methyl sites for hydroxylation is 1. The number of nitrogens with zero attached hydrogens (tertiary/aromatic N) is 2. The van der Waals surface area contributed by atoms with Gasteiger partial charge in [0.25, 0.3) is 5.91 Å². The fourth-order valence-corrected chi connectivity index (χ4v) is 4.49. The van der Waals surface area contributed by atoms with Gasteiger partial charge in [-0.15, -0.1) is 11.3 Å². The second kappa shape index (κ2) is 12.4. The van der Waals surface area contributed by atoms with E-state index >= 15 is 0 Å². The SMILES string of the molecule is COC[C@H](NC(=O)c1cc(C)on1)C(=O)N[C@@H](Cc1cscn1)C(=O)N[C@@H](CC(C)C)C(=O)C1(C)CC1. The average molecular weight is 534 g/mol. The minimum atomic E-state index is -1.10. The number of ether oxygens (including phenoxy) is 1. The molecule has 0 aromatic carbocycles. The fourth-order valence-electron chi connectivity index (χ4n) is 3.91. The zero-order chi connectivity index (χ0) is 27.2. The number of methoxy groups -OCH3 is 1. The lowest BCUT2D eigenvalue weighted by molar-refractivity contribution is -0.133. The number of carbonyl (C=O) groups excluding carboxylic acids is 4. The first-order chi connectivity index (χ1) is 17.5. The van der Waals surface area contributed by atoms with Crippen LogP contribution in [-0.4, -0.2) is 65.5 Å². The Morgan fingerprint density at radius 1 is 1.11 bits per heavy atom. The number of aromatic nitrogens is 2. The number of hydrogen-bond donors (Lipinski definition) is 3. The summed E-state index contributed by atoms with van der Waals surface area (Å²) in [7, 11) is 1.40. The van der Waals surface area contributed by atoms with Crippen LogP contribution in [0.5, 0.6) is 0 Å². The molecular formula is C25H35N5O6S. The number of rotatable bonds is 14. The van der Waals surface area contributed by atoms with Crippen molar-refractivity contribution in [3.05, 3.63) is 34.1 Å². The number of amides is 3. The standard InChI is InChI=1S/C25H35N5O6S/c1-14(2)8-17(21(31)25(4)6-7-25)27-22(32)18(10-16-12-37-13-26-16)28-24(34)20(11-35-5)29-23(33)19-9-15(3)36-30-19/h9,12-14,17-18,20H,6-8,10-11H2,1-5H3,(H,27,32)(H,28,34)(H,29,33)/t17-,18-,20-/m0/s1. The third kappa shape index (κ3) is 7.93. The third-order valence-electron chi connectivity index (χ3n) is 6.28. The number of nitrogens with one attached hydrogen (secondary N) is 3. The number of Topliss-reactive ketones (excluding diaryl/α,β-unsaturated/α-hetero) is 1. The maximum Gasteiger partial charge on any atom is 0.274 e. The minimum Gasteiger partial charge on any atom is -0.382 e. The van der Waals surface area contributed by atoms with E-state index in [0.29, 0.717) is 17.9 Å². The predicted molar refractivity (Wildman–Crippen MR) is 136 cm³/mol. The Morgan fingerprint density at radius 3 is 2.32 bits per heavy atom. The first-order valence-electron chi connectivity index (χ1n) is 12.3. The monoisotopic (exact) mass is 533 g/mol. The van der Waals surface area contributed by atoms with E-state index in [0.717, 1.165) is 12.8 Å². The van der Waals surface area contributed by atoms with Crippen LogP contribution < -0.4 is 16.0 Å². The van der Waals surface area contributed by atoms with E-state index in [1.807, 2.05) is 20.8 Å². The van der Waals surface area contributed by atoms with Gasteiger partial charge in [0.1, 0.15) is 17.8 Å². The van der Waals surface area contributed by atoms with E-state index in [4.69, 9.17) is 9.26 Å². The molecule has 3 rings (SSSR count). The van der Waals surface area contributed by atoms with Crippen LogP contribution in [0.25, 0.3) is 0 Å². The molecule has 0 aliphatic heterocycles. The highest BCUT2D eigenvalue weighted by molar-refractivity contribution is 7.07. The predicted octanol–water partition coefficient (Wildman–Crippen LogP) is 1.81. The van der Waals surface area contributed by atoms with Crippen LogP contribution in [0.15, 0.2) is 21.5 Å². The van der Waals surface area contributed by atoms with E-state index in [1.165, 1.54) is 24.5 Å². The maximum absolute atomic E-state index is 13.4. The van der Waals surface area contributed by atoms with Crippen molar-refractivity contribution in [3.8, 4) is 0 Å². The normalized spacial score (nSPS) is 16.5. The Kier molecular flexibility index (Phi) is 9.55. The number of ketones is 1. The van der Waals surface area contributed by atoms with Crippen LogP contribution in [0, 0.1) is 18.3 Å². The van der Waals surface area contributed by atoms with Gasteiger partial charge in [0, 0.05) is 30.4 Å². The molecule has 3 amide bonds. The second-order valence-corrected chi connectivity index (χ2v) is 10.9. The van der Waals surface area contributed by atoms with Gasteiger partial charge >= 0.3 is 0 Å². The van der Waals surface area contributed by atoms with Gasteiger partial charge in [-0.1, -0.05) is 25.9 Å². The molecule has 3 N–H and O–H groups in total. The molecule has 3 atom stereocenters. The van der Waals surface area contributed by atoms with E-state index in [1.54, 1.807) is 17.8 Å². The summed E-state index contributed by atoms with van der Waals surface area (Å²) in [6, 6.07) is -1.32. The minimum absolute atomic E-state index is 0.0145. The number of thiazole rings is 1. The van der Waals surface area contributed by atoms with E-state index < -0.39 is 41.3 Å². The fraction of sp³-hybridized carbons (Fsp3) is 0.600. The third-order valence-corrected chi connectivity index (χ3v) is 6.92. The molecule has 37 heavy (non-hydrogen) atoms. The molecule has 12 heteroatoms. The van der Waals surface area contributed by atoms with Gasteiger partial charge in [0.2, 0.25) is 11.8 Å². The van der Waals surface area contributed by atoms with Crippen LogP contribution in [0.3, 0.4) is 0 Å². The van der Waals surface area contributed by atoms with Gasteiger partial charge in [-0.05, 0) is 32.1 Å². The quantitative estimate of drug-likeness (QED) is 0.332. The summed E-state index contributed by atoms with van der Waals surface area (Å²) >= 11 is 1.37. The van der Waals surface area contributed by atoms with Crippen molar-refractivity contribution in [1.29, 1.82) is 0 Å². The Balaban J connectivity index is 1.75. The topological polar surface area (TPSA) is 153 Å². The highest BCUT2D eigenvalue weighted by atomic mass is 32.1. The van der Waals surface area contributed by atoms with E-state index in [2.05, 4.69) is 26.1 Å². The molecule has 2 heterocycles. The molecule has 2 aromatic rings. The summed E-state index contributed by atoms with van der Waals surface area (Å²) < 4.78 is 10.0. The largest absolute Gasteiger partial charge is 0.382 e. The van der Waals surface area contributed by atoms with E-state index in [-0.39, 0.29) is 30.4 Å². The van der Waals surface area contributed by atoms with Crippen molar-refractivity contribution < 1.29 is 28.4 Å². The molecule has 0 radical (unpaired) electrons. The second-order valence-electron chi connectivity index (χ2n) is 10.2. The Morgan fingerprint density at radius 2 is 1.78 bits per heavy atom. The lowest BCUT2D eigenvalue weighted by Gasteiger charge is -2.26. The van der Waals surface area contributed by atoms with Gasteiger partial charge in [0.05, 0.1) is 23.9 Å². The lowest BCUT2D eigenvalue weighted by atomic mass is 9.91. The van der Waals surface area contributed by atoms with Gasteiger partial charge in [-0.3, -0.25) is 19.2 Å². The van der Waals surface area contributed by atoms with Crippen LogP contribution >= 0.6 is 11.3 Å². The van der Waals surface area contributed by atoms with Gasteiger partial charge in [-0.2, -0.15) is 0 Å². The van der Waals surface area contributed by atoms with Gasteiger partial charge < -0.3 is 25.2 Å². The van der Waals surface area contributed by atoms with Crippen molar-refractivity contribution in [2.75, 3.05) is 13.7 Å². The summed E-state index contributed by atoms with van der Waals surface area (Å²) in [5, 5.41) is 13.6. The highest BCUT2D eigenvalue weighted by Crippen LogP contribution is 2.47. The average Bonchev–Trinajstić information content (AvgIpc) is 3.20. The molecule has 11 nitrogen and oxygen atoms in total. The molecule has 1 fully saturated rings. The van der Waals surface area contributed by atoms with Crippen LogP contribution in [0.1, 0.15) is 62.0 Å². The van der Waals surface area contributed by atoms with E-state index in [9.17, 15) is 19.2 Å². The molecule has 0 unspecified atom stereocenters. The Bertz CT molecular complexity index is 1100. The summed E-state index contributed by atoms with van der Waals surface area (Å²) in [5.74, 6) is -1.07.